The van der Waals surface area contributed by atoms with Gasteiger partial charge in [0, 0.05) is 32.2 Å². The van der Waals surface area contributed by atoms with Crippen LogP contribution in [0.3, 0.4) is 0 Å². The molecule has 34 heavy (non-hydrogen) atoms. The molecule has 0 amide bonds. The Hall–Kier alpha value is -3.90. The summed E-state index contributed by atoms with van der Waals surface area (Å²) in [6, 6.07) is 15.6. The highest BCUT2D eigenvalue weighted by molar-refractivity contribution is 7.89. The molecule has 2 aromatic heterocycles. The lowest BCUT2D eigenvalue weighted by atomic mass is 10.3. The predicted molar refractivity (Wildman–Crippen MR) is 121 cm³/mol. The number of aromatic nitrogens is 5. The number of sulfonamides is 1. The number of piperazine rings is 1. The molecule has 0 atom stereocenters. The van der Waals surface area contributed by atoms with E-state index < -0.39 is 10.0 Å². The number of ether oxygens (including phenoxy) is 1. The van der Waals surface area contributed by atoms with E-state index in [4.69, 9.17) is 4.74 Å². The van der Waals surface area contributed by atoms with Gasteiger partial charge in [-0.15, -0.1) is 10.2 Å². The molecule has 0 unspecified atom stereocenters. The van der Waals surface area contributed by atoms with Gasteiger partial charge in [0.15, 0.2) is 0 Å². The van der Waals surface area contributed by atoms with Crippen LogP contribution in [0.1, 0.15) is 0 Å². The zero-order valence-electron chi connectivity index (χ0n) is 17.9. The summed E-state index contributed by atoms with van der Waals surface area (Å²) in [5, 5.41) is 7.63. The molecular weight excluding hydrogens is 461 g/mol. The Morgan fingerprint density at radius 3 is 2.21 bits per heavy atom. The molecule has 0 bridgehead atoms. The molecule has 5 rings (SSSR count). The van der Waals surface area contributed by atoms with Crippen molar-refractivity contribution in [2.75, 3.05) is 31.1 Å². The van der Waals surface area contributed by atoms with Crippen molar-refractivity contribution in [3.63, 3.8) is 0 Å². The number of hydrogen-bond donors (Lipinski definition) is 0. The lowest BCUT2D eigenvalue weighted by Crippen LogP contribution is -2.49. The number of rotatable bonds is 6. The molecule has 1 aliphatic heterocycles. The molecule has 4 aromatic rings. The fourth-order valence-electron chi connectivity index (χ4n) is 3.54. The molecule has 12 heteroatoms. The molecule has 3 heterocycles. The summed E-state index contributed by atoms with van der Waals surface area (Å²) in [6.45, 7) is 1.36. The molecule has 0 N–H and O–H groups in total. The van der Waals surface area contributed by atoms with Crippen molar-refractivity contribution in [2.24, 2.45) is 0 Å². The summed E-state index contributed by atoms with van der Waals surface area (Å²) in [6.07, 6.45) is 3.00. The van der Waals surface area contributed by atoms with Gasteiger partial charge in [-0.25, -0.2) is 12.8 Å². The van der Waals surface area contributed by atoms with Crippen LogP contribution in [0.2, 0.25) is 0 Å². The first kappa shape index (κ1) is 21.9. The van der Waals surface area contributed by atoms with E-state index in [2.05, 4.69) is 20.2 Å². The molecule has 0 aliphatic carbocycles. The quantitative estimate of drug-likeness (QED) is 0.414. The van der Waals surface area contributed by atoms with Gasteiger partial charge < -0.3 is 9.64 Å². The lowest BCUT2D eigenvalue weighted by Gasteiger charge is -2.34. The zero-order chi connectivity index (χ0) is 23.5. The van der Waals surface area contributed by atoms with Gasteiger partial charge in [0.05, 0.1) is 4.90 Å². The van der Waals surface area contributed by atoms with Crippen LogP contribution < -0.4 is 9.64 Å². The second-order valence-electron chi connectivity index (χ2n) is 7.49. The van der Waals surface area contributed by atoms with E-state index >= 15 is 0 Å². The fourth-order valence-corrected chi connectivity index (χ4v) is 4.98. The molecule has 0 saturated carbocycles. The summed E-state index contributed by atoms with van der Waals surface area (Å²) in [4.78, 5) is 11.3. The number of nitrogens with zero attached hydrogens (tertiary/aromatic N) is 7. The van der Waals surface area contributed by atoms with E-state index in [9.17, 15) is 12.8 Å². The summed E-state index contributed by atoms with van der Waals surface area (Å²) >= 11 is 0. The van der Waals surface area contributed by atoms with E-state index in [0.29, 0.717) is 30.6 Å². The summed E-state index contributed by atoms with van der Waals surface area (Å²) in [5.41, 5.74) is 0. The smallest absolute Gasteiger partial charge is 0.243 e. The van der Waals surface area contributed by atoms with Crippen LogP contribution in [0.25, 0.3) is 5.82 Å². The van der Waals surface area contributed by atoms with Crippen LogP contribution >= 0.6 is 0 Å². The van der Waals surface area contributed by atoms with Crippen molar-refractivity contribution in [1.82, 2.24) is 29.0 Å². The second kappa shape index (κ2) is 9.15. The van der Waals surface area contributed by atoms with E-state index in [1.165, 1.54) is 41.2 Å². The molecule has 0 radical (unpaired) electrons. The van der Waals surface area contributed by atoms with Gasteiger partial charge in [0.2, 0.25) is 21.9 Å². The third-order valence-corrected chi connectivity index (χ3v) is 7.21. The Balaban J connectivity index is 1.39. The topological polar surface area (TPSA) is 106 Å². The molecular formula is C22H20FN7O3S. The largest absolute Gasteiger partial charge is 0.439 e. The molecule has 1 fully saturated rings. The number of anilines is 1. The molecule has 174 valence electrons. The fraction of sp³-hybridized carbons (Fsp3) is 0.182. The second-order valence-corrected chi connectivity index (χ2v) is 9.43. The average molecular weight is 482 g/mol. The van der Waals surface area contributed by atoms with Gasteiger partial charge in [-0.2, -0.15) is 14.3 Å². The molecule has 0 spiro atoms. The Morgan fingerprint density at radius 2 is 1.53 bits per heavy atom. The van der Waals surface area contributed by atoms with Crippen molar-refractivity contribution < 1.29 is 17.5 Å². The number of benzene rings is 2. The maximum Gasteiger partial charge on any atom is 0.243 e. The predicted octanol–water partition coefficient (Wildman–Crippen LogP) is 2.50. The van der Waals surface area contributed by atoms with Crippen molar-refractivity contribution >= 4 is 16.0 Å². The normalized spacial score (nSPS) is 14.8. The minimum atomic E-state index is -3.57. The highest BCUT2D eigenvalue weighted by Gasteiger charge is 2.29. The summed E-state index contributed by atoms with van der Waals surface area (Å²) in [5.74, 6) is 1.15. The molecule has 1 aliphatic rings. The Bertz CT molecular complexity index is 1360. The van der Waals surface area contributed by atoms with Crippen LogP contribution in [0.5, 0.6) is 11.6 Å². The van der Waals surface area contributed by atoms with Gasteiger partial charge in [-0.1, -0.05) is 18.2 Å². The van der Waals surface area contributed by atoms with Gasteiger partial charge in [0.1, 0.15) is 30.0 Å². The van der Waals surface area contributed by atoms with Crippen LogP contribution in [-0.4, -0.2) is 63.6 Å². The van der Waals surface area contributed by atoms with E-state index in [1.54, 1.807) is 41.0 Å². The molecule has 10 nitrogen and oxygen atoms in total. The van der Waals surface area contributed by atoms with E-state index in [-0.39, 0.29) is 29.7 Å². The van der Waals surface area contributed by atoms with Gasteiger partial charge in [-0.05, 0) is 36.4 Å². The SMILES string of the molecule is O=S(=O)(c1ccccc1)N1CCN(c2nc(Oc3ccc(F)cc3)cc(-n3cnnc3)n2)CC1. The summed E-state index contributed by atoms with van der Waals surface area (Å²) in [7, 11) is -3.57. The highest BCUT2D eigenvalue weighted by atomic mass is 32.2. The standard InChI is InChI=1S/C22H20FN7O3S/c23-17-6-8-18(9-7-17)33-21-14-20(29-15-24-25-16-29)26-22(27-21)28-10-12-30(13-11-28)34(31,32)19-4-2-1-3-5-19/h1-9,14-16H,10-13H2. The molecule has 2 aromatic carbocycles. The number of halogens is 1. The van der Waals surface area contributed by atoms with Crippen LogP contribution in [0, 0.1) is 5.82 Å². The summed E-state index contributed by atoms with van der Waals surface area (Å²) < 4.78 is 48.0. The van der Waals surface area contributed by atoms with Crippen molar-refractivity contribution in [3.8, 4) is 17.4 Å². The zero-order valence-corrected chi connectivity index (χ0v) is 18.7. The van der Waals surface area contributed by atoms with Crippen molar-refractivity contribution in [1.29, 1.82) is 0 Å². The lowest BCUT2D eigenvalue weighted by molar-refractivity contribution is 0.381. The average Bonchev–Trinajstić information content (AvgIpc) is 3.41. The minimum absolute atomic E-state index is 0.250. The van der Waals surface area contributed by atoms with Crippen LogP contribution in [0.4, 0.5) is 10.3 Å². The van der Waals surface area contributed by atoms with Crippen molar-refractivity contribution in [3.05, 3.63) is 79.1 Å². The Morgan fingerprint density at radius 1 is 0.853 bits per heavy atom. The first-order valence-electron chi connectivity index (χ1n) is 10.5. The third-order valence-electron chi connectivity index (χ3n) is 5.30. The maximum atomic E-state index is 13.3. The van der Waals surface area contributed by atoms with Crippen LogP contribution in [-0.2, 0) is 10.0 Å². The Labute approximate surface area is 195 Å². The Kier molecular flexibility index (Phi) is 5.90. The molecule has 1 saturated heterocycles. The maximum absolute atomic E-state index is 13.3. The third kappa shape index (κ3) is 4.58. The van der Waals surface area contributed by atoms with E-state index in [1.807, 2.05) is 4.90 Å². The van der Waals surface area contributed by atoms with E-state index in [0.717, 1.165) is 0 Å². The minimum Gasteiger partial charge on any atom is -0.439 e. The number of hydrogen-bond acceptors (Lipinski definition) is 8. The van der Waals surface area contributed by atoms with Gasteiger partial charge in [-0.3, -0.25) is 4.57 Å². The van der Waals surface area contributed by atoms with Gasteiger partial charge >= 0.3 is 0 Å². The first-order valence-corrected chi connectivity index (χ1v) is 11.9. The first-order chi connectivity index (χ1) is 16.5. The highest BCUT2D eigenvalue weighted by Crippen LogP contribution is 2.25. The van der Waals surface area contributed by atoms with Crippen molar-refractivity contribution in [2.45, 2.75) is 4.90 Å². The van der Waals surface area contributed by atoms with Gasteiger partial charge in [0.25, 0.3) is 0 Å². The van der Waals surface area contributed by atoms with Crippen LogP contribution in [0.15, 0.2) is 78.2 Å². The monoisotopic (exact) mass is 481 g/mol.